The van der Waals surface area contributed by atoms with Crippen molar-refractivity contribution in [3.8, 4) is 11.5 Å². The number of hydrogen-bond acceptors (Lipinski definition) is 10. The van der Waals surface area contributed by atoms with E-state index in [0.29, 0.717) is 30.5 Å². The second-order valence-electron chi connectivity index (χ2n) is 9.13. The molecule has 0 unspecified atom stereocenters. The zero-order valence-corrected chi connectivity index (χ0v) is 20.7. The third kappa shape index (κ3) is 5.68. The first kappa shape index (κ1) is 23.9. The molecule has 0 radical (unpaired) electrons. The van der Waals surface area contributed by atoms with E-state index in [1.807, 2.05) is 26.0 Å². The van der Waals surface area contributed by atoms with Crippen LogP contribution in [0.25, 0.3) is 0 Å². The molecule has 1 aromatic carbocycles. The van der Waals surface area contributed by atoms with Crippen LogP contribution in [0.2, 0.25) is 0 Å². The third-order valence-electron chi connectivity index (χ3n) is 5.89. The summed E-state index contributed by atoms with van der Waals surface area (Å²) in [5.41, 5.74) is 1.81. The van der Waals surface area contributed by atoms with E-state index >= 15 is 0 Å². The zero-order valence-electron chi connectivity index (χ0n) is 20.7. The molecule has 0 atom stereocenters. The molecule has 0 amide bonds. The number of ether oxygens (including phenoxy) is 2. The Morgan fingerprint density at radius 3 is 2.72 bits per heavy atom. The molecule has 36 heavy (non-hydrogen) atoms. The molecule has 2 aliphatic heterocycles. The number of fused-ring (bicyclic) bond motifs is 1. The van der Waals surface area contributed by atoms with Gasteiger partial charge in [-0.2, -0.15) is 4.98 Å². The maximum Gasteiger partial charge on any atom is 0.229 e. The highest BCUT2D eigenvalue weighted by Gasteiger charge is 2.17. The van der Waals surface area contributed by atoms with Crippen LogP contribution in [0.4, 0.5) is 39.2 Å². The lowest BCUT2D eigenvalue weighted by molar-refractivity contribution is 0.242. The molecule has 4 heterocycles. The molecule has 0 aliphatic carbocycles. The fourth-order valence-corrected chi connectivity index (χ4v) is 4.10. The minimum absolute atomic E-state index is 0.0190. The molecule has 5 rings (SSSR count). The van der Waals surface area contributed by atoms with Crippen LogP contribution in [0.3, 0.4) is 0 Å². The van der Waals surface area contributed by atoms with Crippen LogP contribution in [0.1, 0.15) is 13.8 Å². The molecular weight excluding hydrogens is 463 g/mol. The molecule has 3 aromatic rings. The molecule has 0 spiro atoms. The van der Waals surface area contributed by atoms with Gasteiger partial charge in [0.2, 0.25) is 5.95 Å². The molecule has 0 bridgehead atoms. The van der Waals surface area contributed by atoms with E-state index in [1.165, 1.54) is 0 Å². The summed E-state index contributed by atoms with van der Waals surface area (Å²) in [5.74, 6) is 2.15. The Morgan fingerprint density at radius 2 is 1.92 bits per heavy atom. The van der Waals surface area contributed by atoms with Gasteiger partial charge in [-0.15, -0.1) is 0 Å². The van der Waals surface area contributed by atoms with Crippen molar-refractivity contribution >= 4 is 34.8 Å². The summed E-state index contributed by atoms with van der Waals surface area (Å²) in [7, 11) is 2.13. The van der Waals surface area contributed by atoms with Crippen molar-refractivity contribution in [2.45, 2.75) is 20.0 Å². The van der Waals surface area contributed by atoms with Gasteiger partial charge in [-0.1, -0.05) is 0 Å². The minimum atomic E-state index is -0.584. The quantitative estimate of drug-likeness (QED) is 0.449. The van der Waals surface area contributed by atoms with Crippen LogP contribution in [0.5, 0.6) is 11.5 Å². The lowest BCUT2D eigenvalue weighted by Gasteiger charge is -2.34. The van der Waals surface area contributed by atoms with Gasteiger partial charge in [0.15, 0.2) is 23.2 Å². The molecule has 1 saturated heterocycles. The number of rotatable bonds is 7. The van der Waals surface area contributed by atoms with E-state index in [0.717, 1.165) is 49.5 Å². The summed E-state index contributed by atoms with van der Waals surface area (Å²) in [4.78, 5) is 17.6. The number of benzene rings is 1. The number of piperazine rings is 1. The van der Waals surface area contributed by atoms with Crippen LogP contribution in [0, 0.1) is 5.82 Å². The lowest BCUT2D eigenvalue weighted by atomic mass is 10.2. The Hall–Kier alpha value is -3.86. The molecule has 2 aromatic heterocycles. The monoisotopic (exact) mass is 494 g/mol. The van der Waals surface area contributed by atoms with E-state index < -0.39 is 5.82 Å². The minimum Gasteiger partial charge on any atom is -0.491 e. The maximum atomic E-state index is 14.6. The SMILES string of the molecule is CC(C)Oc1cc(Nc2ncc(F)c(Nc3ccc4c(n3)NCCO4)n2)cc(N2CCN(C)CC2)c1. The van der Waals surface area contributed by atoms with Crippen LogP contribution >= 0.6 is 0 Å². The second kappa shape index (κ2) is 10.4. The zero-order chi connectivity index (χ0) is 25.1. The lowest BCUT2D eigenvalue weighted by Crippen LogP contribution is -2.44. The van der Waals surface area contributed by atoms with Gasteiger partial charge in [-0.25, -0.2) is 14.4 Å². The predicted octanol–water partition coefficient (Wildman–Crippen LogP) is 3.84. The van der Waals surface area contributed by atoms with Gasteiger partial charge in [-0.3, -0.25) is 0 Å². The molecule has 0 saturated carbocycles. The Morgan fingerprint density at radius 1 is 1.08 bits per heavy atom. The van der Waals surface area contributed by atoms with Gasteiger partial charge in [0.05, 0.1) is 18.8 Å². The summed E-state index contributed by atoms with van der Waals surface area (Å²) in [6.07, 6.45) is 1.16. The fourth-order valence-electron chi connectivity index (χ4n) is 4.10. The second-order valence-corrected chi connectivity index (χ2v) is 9.13. The summed E-state index contributed by atoms with van der Waals surface area (Å²) in [6.45, 7) is 9.07. The number of nitrogens with one attached hydrogen (secondary N) is 3. The van der Waals surface area contributed by atoms with Gasteiger partial charge in [0, 0.05) is 49.7 Å². The highest BCUT2D eigenvalue weighted by Crippen LogP contribution is 2.31. The molecule has 3 N–H and O–H groups in total. The number of anilines is 6. The molecule has 1 fully saturated rings. The Kier molecular flexibility index (Phi) is 6.90. The van der Waals surface area contributed by atoms with Crippen LogP contribution in [0.15, 0.2) is 36.5 Å². The maximum absolute atomic E-state index is 14.6. The third-order valence-corrected chi connectivity index (χ3v) is 5.89. The molecule has 2 aliphatic rings. The van der Waals surface area contributed by atoms with Crippen molar-refractivity contribution in [3.05, 3.63) is 42.3 Å². The molecule has 190 valence electrons. The van der Waals surface area contributed by atoms with Crippen molar-refractivity contribution in [2.75, 3.05) is 67.2 Å². The highest BCUT2D eigenvalue weighted by molar-refractivity contribution is 5.67. The first-order valence-electron chi connectivity index (χ1n) is 12.1. The summed E-state index contributed by atoms with van der Waals surface area (Å²) < 4.78 is 26.1. The van der Waals surface area contributed by atoms with Crippen LogP contribution in [-0.4, -0.2) is 72.3 Å². The number of pyridine rings is 1. The molecule has 11 heteroatoms. The molecular formula is C25H31FN8O2. The van der Waals surface area contributed by atoms with Crippen molar-refractivity contribution in [3.63, 3.8) is 0 Å². The number of likely N-dealkylation sites (N-methyl/N-ethyl adjacent to an activating group) is 1. The van der Waals surface area contributed by atoms with E-state index in [1.54, 1.807) is 12.1 Å². The van der Waals surface area contributed by atoms with Crippen molar-refractivity contribution < 1.29 is 13.9 Å². The van der Waals surface area contributed by atoms with E-state index in [4.69, 9.17) is 9.47 Å². The summed E-state index contributed by atoms with van der Waals surface area (Å²) in [6, 6.07) is 9.49. The Bertz CT molecular complexity index is 1220. The number of nitrogens with zero attached hydrogens (tertiary/aromatic N) is 5. The number of aromatic nitrogens is 3. The van der Waals surface area contributed by atoms with Crippen molar-refractivity contribution in [2.24, 2.45) is 0 Å². The average Bonchev–Trinajstić information content (AvgIpc) is 2.86. The van der Waals surface area contributed by atoms with Gasteiger partial charge in [0.1, 0.15) is 18.2 Å². The largest absolute Gasteiger partial charge is 0.491 e. The molecule has 10 nitrogen and oxygen atoms in total. The normalized spacial score (nSPS) is 15.6. The summed E-state index contributed by atoms with van der Waals surface area (Å²) >= 11 is 0. The van der Waals surface area contributed by atoms with Gasteiger partial charge in [0.25, 0.3) is 0 Å². The highest BCUT2D eigenvalue weighted by atomic mass is 19.1. The van der Waals surface area contributed by atoms with E-state index in [9.17, 15) is 4.39 Å². The number of halogens is 1. The standard InChI is InChI=1S/C25H31FN8O2/c1-16(2)36-19-13-17(12-18(14-19)34-9-7-33(3)8-10-34)29-25-28-15-20(26)23(32-25)30-22-5-4-21-24(31-22)27-6-11-35-21/h4-5,12-16H,6-11H2,1-3H3,(H3,27,28,29,30,31,32). The number of hydrogen-bond donors (Lipinski definition) is 3. The fraction of sp³-hybridized carbons (Fsp3) is 0.400. The average molecular weight is 495 g/mol. The Labute approximate surface area is 209 Å². The topological polar surface area (TPSA) is 99.7 Å². The first-order valence-corrected chi connectivity index (χ1v) is 12.1. The van der Waals surface area contributed by atoms with E-state index in [2.05, 4.69) is 53.8 Å². The summed E-state index contributed by atoms with van der Waals surface area (Å²) in [5, 5.41) is 9.32. The van der Waals surface area contributed by atoms with Gasteiger partial charge >= 0.3 is 0 Å². The predicted molar refractivity (Wildman–Crippen MR) is 139 cm³/mol. The van der Waals surface area contributed by atoms with Gasteiger partial charge < -0.3 is 35.2 Å². The Balaban J connectivity index is 1.37. The van der Waals surface area contributed by atoms with Gasteiger partial charge in [-0.05, 0) is 39.1 Å². The van der Waals surface area contributed by atoms with Crippen LogP contribution in [-0.2, 0) is 0 Å². The first-order chi connectivity index (χ1) is 17.4. The van der Waals surface area contributed by atoms with Crippen molar-refractivity contribution in [1.29, 1.82) is 0 Å². The van der Waals surface area contributed by atoms with Crippen LogP contribution < -0.4 is 30.3 Å². The smallest absolute Gasteiger partial charge is 0.229 e. The van der Waals surface area contributed by atoms with Crippen molar-refractivity contribution in [1.82, 2.24) is 19.9 Å². The van der Waals surface area contributed by atoms with E-state index in [-0.39, 0.29) is 17.9 Å².